The number of rotatable bonds is 9. The van der Waals surface area contributed by atoms with Gasteiger partial charge in [0.05, 0.1) is 18.2 Å². The first-order valence-corrected chi connectivity index (χ1v) is 7.72. The van der Waals surface area contributed by atoms with Crippen molar-refractivity contribution in [2.75, 3.05) is 31.3 Å². The van der Waals surface area contributed by atoms with Gasteiger partial charge in [-0.25, -0.2) is 4.98 Å². The molecule has 0 saturated carbocycles. The normalized spacial score (nSPS) is 12.5. The average molecular weight is 303 g/mol. The second kappa shape index (κ2) is 8.51. The summed E-state index contributed by atoms with van der Waals surface area (Å²) in [5.41, 5.74) is 12.4. The second-order valence-corrected chi connectivity index (χ2v) is 5.38. The number of nitrogens with zero attached hydrogens (tertiary/aromatic N) is 2. The van der Waals surface area contributed by atoms with Crippen LogP contribution in [0.1, 0.15) is 25.7 Å². The number of aromatic nitrogens is 2. The molecule has 120 valence electrons. The van der Waals surface area contributed by atoms with Crippen LogP contribution in [0.3, 0.4) is 0 Å². The standard InChI is InChI=1S/C16H25N5O/c1-22-11-12(7-3-2-6-10-17)19-16-20-14-9-5-4-8-13(14)15(18)21-16/h4-5,8-9,12H,2-3,6-7,10-11,17H2,1H3,(H3,18,19,20,21). The largest absolute Gasteiger partial charge is 0.383 e. The van der Waals surface area contributed by atoms with Crippen LogP contribution < -0.4 is 16.8 Å². The molecule has 0 amide bonds. The minimum absolute atomic E-state index is 0.170. The number of nitrogen functional groups attached to an aromatic ring is 1. The molecule has 0 saturated heterocycles. The van der Waals surface area contributed by atoms with Gasteiger partial charge in [0.15, 0.2) is 0 Å². The monoisotopic (exact) mass is 303 g/mol. The molecule has 0 spiro atoms. The van der Waals surface area contributed by atoms with E-state index < -0.39 is 0 Å². The predicted molar refractivity (Wildman–Crippen MR) is 90.8 cm³/mol. The minimum atomic E-state index is 0.170. The quantitative estimate of drug-likeness (QED) is 0.614. The highest BCUT2D eigenvalue weighted by Gasteiger charge is 2.11. The predicted octanol–water partition coefficient (Wildman–Crippen LogP) is 2.16. The zero-order valence-electron chi connectivity index (χ0n) is 13.1. The molecule has 0 aliphatic heterocycles. The van der Waals surface area contributed by atoms with Gasteiger partial charge in [-0.3, -0.25) is 0 Å². The van der Waals surface area contributed by atoms with Crippen LogP contribution in [-0.4, -0.2) is 36.3 Å². The lowest BCUT2D eigenvalue weighted by Gasteiger charge is -2.18. The van der Waals surface area contributed by atoms with Crippen molar-refractivity contribution in [1.82, 2.24) is 9.97 Å². The summed E-state index contributed by atoms with van der Waals surface area (Å²) < 4.78 is 5.28. The number of anilines is 2. The van der Waals surface area contributed by atoms with E-state index in [1.807, 2.05) is 24.3 Å². The molecule has 1 aromatic heterocycles. The van der Waals surface area contributed by atoms with Gasteiger partial charge in [0, 0.05) is 12.5 Å². The van der Waals surface area contributed by atoms with Gasteiger partial charge in [0.1, 0.15) is 5.82 Å². The van der Waals surface area contributed by atoms with E-state index in [1.165, 1.54) is 0 Å². The maximum Gasteiger partial charge on any atom is 0.225 e. The first kappa shape index (κ1) is 16.5. The van der Waals surface area contributed by atoms with Gasteiger partial charge in [-0.2, -0.15) is 4.98 Å². The lowest BCUT2D eigenvalue weighted by atomic mass is 10.1. The highest BCUT2D eigenvalue weighted by molar-refractivity contribution is 5.88. The molecule has 1 heterocycles. The van der Waals surface area contributed by atoms with Crippen LogP contribution in [0.15, 0.2) is 24.3 Å². The topological polar surface area (TPSA) is 99.1 Å². The van der Waals surface area contributed by atoms with Crippen LogP contribution in [0.5, 0.6) is 0 Å². The van der Waals surface area contributed by atoms with Crippen LogP contribution in [0.4, 0.5) is 11.8 Å². The Morgan fingerprint density at radius 3 is 2.77 bits per heavy atom. The number of unbranched alkanes of at least 4 members (excludes halogenated alkanes) is 2. The van der Waals surface area contributed by atoms with Crippen LogP contribution in [0, 0.1) is 0 Å². The number of nitrogens with two attached hydrogens (primary N) is 2. The fourth-order valence-corrected chi connectivity index (χ4v) is 2.46. The van der Waals surface area contributed by atoms with E-state index in [-0.39, 0.29) is 6.04 Å². The van der Waals surface area contributed by atoms with E-state index in [0.717, 1.165) is 43.1 Å². The Balaban J connectivity index is 2.05. The van der Waals surface area contributed by atoms with Crippen molar-refractivity contribution < 1.29 is 4.74 Å². The molecule has 0 radical (unpaired) electrons. The van der Waals surface area contributed by atoms with Gasteiger partial charge in [0.2, 0.25) is 5.95 Å². The summed E-state index contributed by atoms with van der Waals surface area (Å²) in [5.74, 6) is 1.05. The van der Waals surface area contributed by atoms with Crippen molar-refractivity contribution in [3.63, 3.8) is 0 Å². The van der Waals surface area contributed by atoms with Crippen molar-refractivity contribution in [3.8, 4) is 0 Å². The molecule has 1 unspecified atom stereocenters. The van der Waals surface area contributed by atoms with E-state index in [4.69, 9.17) is 16.2 Å². The summed E-state index contributed by atoms with van der Waals surface area (Å²) in [4.78, 5) is 8.87. The molecule has 6 nitrogen and oxygen atoms in total. The van der Waals surface area contributed by atoms with Gasteiger partial charge < -0.3 is 21.5 Å². The van der Waals surface area contributed by atoms with Crippen molar-refractivity contribution in [2.45, 2.75) is 31.7 Å². The second-order valence-electron chi connectivity index (χ2n) is 5.38. The lowest BCUT2D eigenvalue weighted by Crippen LogP contribution is -2.26. The molecule has 2 rings (SSSR count). The summed E-state index contributed by atoms with van der Waals surface area (Å²) in [6, 6.07) is 7.90. The number of benzene rings is 1. The summed E-state index contributed by atoms with van der Waals surface area (Å²) in [5, 5.41) is 4.21. The third kappa shape index (κ3) is 4.54. The molecular formula is C16H25N5O. The Morgan fingerprint density at radius 1 is 1.18 bits per heavy atom. The first-order chi connectivity index (χ1) is 10.7. The highest BCUT2D eigenvalue weighted by Crippen LogP contribution is 2.19. The summed E-state index contributed by atoms with van der Waals surface area (Å²) in [7, 11) is 1.70. The Labute approximate surface area is 131 Å². The van der Waals surface area contributed by atoms with Gasteiger partial charge in [-0.1, -0.05) is 25.0 Å². The molecule has 1 aromatic carbocycles. The fraction of sp³-hybridized carbons (Fsp3) is 0.500. The Morgan fingerprint density at radius 2 is 2.00 bits per heavy atom. The van der Waals surface area contributed by atoms with Gasteiger partial charge in [0.25, 0.3) is 0 Å². The summed E-state index contributed by atoms with van der Waals surface area (Å²) in [6.07, 6.45) is 4.27. The Bertz CT molecular complexity index is 590. The maximum atomic E-state index is 6.01. The molecule has 1 atom stereocenters. The zero-order chi connectivity index (χ0) is 15.8. The molecule has 0 fully saturated rings. The van der Waals surface area contributed by atoms with E-state index in [1.54, 1.807) is 7.11 Å². The third-order valence-corrected chi connectivity index (χ3v) is 3.59. The highest BCUT2D eigenvalue weighted by atomic mass is 16.5. The van der Waals surface area contributed by atoms with Crippen LogP contribution in [0.2, 0.25) is 0 Å². The zero-order valence-corrected chi connectivity index (χ0v) is 13.1. The fourth-order valence-electron chi connectivity index (χ4n) is 2.46. The van der Waals surface area contributed by atoms with E-state index >= 15 is 0 Å². The number of ether oxygens (including phenoxy) is 1. The van der Waals surface area contributed by atoms with Crippen molar-refractivity contribution in [1.29, 1.82) is 0 Å². The van der Waals surface area contributed by atoms with E-state index in [2.05, 4.69) is 15.3 Å². The number of hydrogen-bond acceptors (Lipinski definition) is 6. The van der Waals surface area contributed by atoms with E-state index in [9.17, 15) is 0 Å². The van der Waals surface area contributed by atoms with Gasteiger partial charge in [-0.05, 0) is 31.5 Å². The molecule has 5 N–H and O–H groups in total. The van der Waals surface area contributed by atoms with Crippen molar-refractivity contribution in [2.24, 2.45) is 5.73 Å². The van der Waals surface area contributed by atoms with Crippen LogP contribution >= 0.6 is 0 Å². The number of hydrogen-bond donors (Lipinski definition) is 3. The Kier molecular flexibility index (Phi) is 6.36. The molecule has 0 bridgehead atoms. The van der Waals surface area contributed by atoms with Crippen LogP contribution in [-0.2, 0) is 4.74 Å². The minimum Gasteiger partial charge on any atom is -0.383 e. The number of para-hydroxylation sites is 1. The maximum absolute atomic E-state index is 6.01. The van der Waals surface area contributed by atoms with E-state index in [0.29, 0.717) is 18.4 Å². The molecule has 0 aliphatic rings. The number of fused-ring (bicyclic) bond motifs is 1. The molecular weight excluding hydrogens is 278 g/mol. The molecule has 0 aliphatic carbocycles. The smallest absolute Gasteiger partial charge is 0.225 e. The SMILES string of the molecule is COCC(CCCCCN)Nc1nc(N)c2ccccc2n1. The molecule has 6 heteroatoms. The Hall–Kier alpha value is -1.92. The average Bonchev–Trinajstić information content (AvgIpc) is 2.52. The third-order valence-electron chi connectivity index (χ3n) is 3.59. The van der Waals surface area contributed by atoms with Gasteiger partial charge >= 0.3 is 0 Å². The summed E-state index contributed by atoms with van der Waals surface area (Å²) in [6.45, 7) is 1.35. The van der Waals surface area contributed by atoms with Gasteiger partial charge in [-0.15, -0.1) is 0 Å². The molecule has 22 heavy (non-hydrogen) atoms. The van der Waals surface area contributed by atoms with Crippen LogP contribution in [0.25, 0.3) is 10.9 Å². The van der Waals surface area contributed by atoms with Crippen molar-refractivity contribution >= 4 is 22.7 Å². The first-order valence-electron chi connectivity index (χ1n) is 7.72. The number of methoxy groups -OCH3 is 1. The number of nitrogens with one attached hydrogen (secondary N) is 1. The summed E-state index contributed by atoms with van der Waals surface area (Å²) >= 11 is 0. The van der Waals surface area contributed by atoms with Crippen molar-refractivity contribution in [3.05, 3.63) is 24.3 Å². The molecule has 2 aromatic rings. The lowest BCUT2D eigenvalue weighted by molar-refractivity contribution is 0.181.